The SMILES string of the molecule is CC(C1CCCCC1)[C@](CC(=O)N1CCOCC1)(OC(N)=O)C(=O)c1nc2ccc(F)cc2o1. The second-order valence-electron chi connectivity index (χ2n) is 9.13. The maximum Gasteiger partial charge on any atom is 0.405 e. The van der Waals surface area contributed by atoms with Gasteiger partial charge in [0.2, 0.25) is 5.91 Å². The fourth-order valence-corrected chi connectivity index (χ4v) is 5.14. The third-order valence-corrected chi connectivity index (χ3v) is 7.08. The molecule has 184 valence electrons. The molecule has 1 aromatic carbocycles. The van der Waals surface area contributed by atoms with Gasteiger partial charge in [0.15, 0.2) is 11.2 Å². The Hall–Kier alpha value is -3.01. The van der Waals surface area contributed by atoms with E-state index < -0.39 is 29.2 Å². The number of nitrogens with two attached hydrogens (primary N) is 1. The first-order valence-electron chi connectivity index (χ1n) is 11.7. The number of Topliss-reactive ketones (excluding diaryl/α,β-unsaturated/α-hetero) is 1. The van der Waals surface area contributed by atoms with E-state index in [4.69, 9.17) is 19.6 Å². The highest BCUT2D eigenvalue weighted by atomic mass is 19.1. The van der Waals surface area contributed by atoms with Crippen LogP contribution in [-0.4, -0.2) is 59.6 Å². The number of hydrogen-bond donors (Lipinski definition) is 1. The van der Waals surface area contributed by atoms with Gasteiger partial charge in [-0.2, -0.15) is 0 Å². The number of primary amides is 1. The summed E-state index contributed by atoms with van der Waals surface area (Å²) in [6.07, 6.45) is 3.17. The fraction of sp³-hybridized carbons (Fsp3) is 0.583. The minimum Gasteiger partial charge on any atom is -0.434 e. The van der Waals surface area contributed by atoms with Gasteiger partial charge in [-0.25, -0.2) is 14.2 Å². The van der Waals surface area contributed by atoms with E-state index in [0.29, 0.717) is 26.3 Å². The number of aromatic nitrogens is 1. The molecule has 2 atom stereocenters. The van der Waals surface area contributed by atoms with Crippen molar-refractivity contribution in [1.82, 2.24) is 9.88 Å². The van der Waals surface area contributed by atoms with E-state index in [1.807, 2.05) is 6.92 Å². The Morgan fingerprint density at radius 1 is 1.24 bits per heavy atom. The van der Waals surface area contributed by atoms with Gasteiger partial charge < -0.3 is 24.5 Å². The van der Waals surface area contributed by atoms with Gasteiger partial charge in [0, 0.05) is 25.1 Å². The molecule has 1 saturated carbocycles. The monoisotopic (exact) mass is 475 g/mol. The number of morpholine rings is 1. The highest BCUT2D eigenvalue weighted by molar-refractivity contribution is 6.04. The van der Waals surface area contributed by atoms with Crippen molar-refractivity contribution in [3.63, 3.8) is 0 Å². The van der Waals surface area contributed by atoms with Crippen LogP contribution >= 0.6 is 0 Å². The molecule has 2 N–H and O–H groups in total. The van der Waals surface area contributed by atoms with Crippen molar-refractivity contribution in [2.75, 3.05) is 26.3 Å². The highest BCUT2D eigenvalue weighted by Crippen LogP contribution is 2.41. The summed E-state index contributed by atoms with van der Waals surface area (Å²) in [6, 6.07) is 3.73. The van der Waals surface area contributed by atoms with Crippen molar-refractivity contribution in [2.24, 2.45) is 17.6 Å². The molecule has 2 heterocycles. The van der Waals surface area contributed by atoms with E-state index in [0.717, 1.165) is 38.2 Å². The number of benzene rings is 1. The van der Waals surface area contributed by atoms with Crippen LogP contribution in [0.4, 0.5) is 9.18 Å². The molecule has 1 unspecified atom stereocenters. The Kier molecular flexibility index (Phi) is 7.16. The minimum atomic E-state index is -1.90. The molecule has 34 heavy (non-hydrogen) atoms. The van der Waals surface area contributed by atoms with Crippen molar-refractivity contribution in [2.45, 2.75) is 51.0 Å². The van der Waals surface area contributed by atoms with Crippen LogP contribution in [0.1, 0.15) is 56.1 Å². The molecule has 1 saturated heterocycles. The van der Waals surface area contributed by atoms with E-state index in [1.54, 1.807) is 4.90 Å². The molecule has 1 aromatic heterocycles. The minimum absolute atomic E-state index is 0.0383. The topological polar surface area (TPSA) is 125 Å². The van der Waals surface area contributed by atoms with Crippen molar-refractivity contribution < 1.29 is 32.7 Å². The quantitative estimate of drug-likeness (QED) is 0.608. The summed E-state index contributed by atoms with van der Waals surface area (Å²) >= 11 is 0. The summed E-state index contributed by atoms with van der Waals surface area (Å²) in [5.41, 5.74) is 3.92. The normalized spacial score (nSPS) is 20.0. The molecule has 0 spiro atoms. The molecular weight excluding hydrogens is 445 g/mol. The smallest absolute Gasteiger partial charge is 0.405 e. The zero-order valence-corrected chi connectivity index (χ0v) is 19.3. The van der Waals surface area contributed by atoms with Crippen LogP contribution in [0.5, 0.6) is 0 Å². The molecular formula is C24H30FN3O6. The summed E-state index contributed by atoms with van der Waals surface area (Å²) < 4.78 is 30.2. The fourth-order valence-electron chi connectivity index (χ4n) is 5.14. The number of ketones is 1. The molecule has 1 aliphatic heterocycles. The van der Waals surface area contributed by atoms with Gasteiger partial charge in [0.1, 0.15) is 11.3 Å². The van der Waals surface area contributed by atoms with Gasteiger partial charge in [0.25, 0.3) is 11.7 Å². The van der Waals surface area contributed by atoms with E-state index in [-0.39, 0.29) is 35.2 Å². The van der Waals surface area contributed by atoms with Crippen LogP contribution in [0.3, 0.4) is 0 Å². The van der Waals surface area contributed by atoms with Crippen LogP contribution in [0.2, 0.25) is 0 Å². The van der Waals surface area contributed by atoms with Gasteiger partial charge >= 0.3 is 6.09 Å². The molecule has 9 nitrogen and oxygen atoms in total. The number of oxazole rings is 1. The molecule has 2 fully saturated rings. The largest absolute Gasteiger partial charge is 0.434 e. The van der Waals surface area contributed by atoms with E-state index >= 15 is 0 Å². The molecule has 2 amide bonds. The lowest BCUT2D eigenvalue weighted by molar-refractivity contribution is -0.141. The molecule has 10 heteroatoms. The number of nitrogens with zero attached hydrogens (tertiary/aromatic N) is 2. The second-order valence-corrected chi connectivity index (χ2v) is 9.13. The molecule has 1 aliphatic carbocycles. The van der Waals surface area contributed by atoms with Crippen LogP contribution in [0, 0.1) is 17.7 Å². The van der Waals surface area contributed by atoms with Crippen LogP contribution in [-0.2, 0) is 14.3 Å². The van der Waals surface area contributed by atoms with E-state index in [1.165, 1.54) is 12.1 Å². The predicted molar refractivity (Wildman–Crippen MR) is 119 cm³/mol. The number of ether oxygens (including phenoxy) is 2. The highest BCUT2D eigenvalue weighted by Gasteiger charge is 2.54. The van der Waals surface area contributed by atoms with Gasteiger partial charge in [0.05, 0.1) is 19.6 Å². The van der Waals surface area contributed by atoms with E-state index in [2.05, 4.69) is 4.98 Å². The van der Waals surface area contributed by atoms with Gasteiger partial charge in [-0.15, -0.1) is 0 Å². The maximum absolute atomic E-state index is 14.0. The van der Waals surface area contributed by atoms with Crippen LogP contribution < -0.4 is 5.73 Å². The summed E-state index contributed by atoms with van der Waals surface area (Å²) in [5, 5.41) is 0. The van der Waals surface area contributed by atoms with Crippen LogP contribution in [0.25, 0.3) is 11.1 Å². The summed E-state index contributed by atoms with van der Waals surface area (Å²) in [7, 11) is 0. The number of carbonyl (C=O) groups is 3. The molecule has 2 aliphatic rings. The maximum atomic E-state index is 14.0. The number of hydrogen-bond acceptors (Lipinski definition) is 7. The van der Waals surface area contributed by atoms with Crippen molar-refractivity contribution in [1.29, 1.82) is 0 Å². The molecule has 4 rings (SSSR count). The average Bonchev–Trinajstić information content (AvgIpc) is 3.26. The first-order valence-corrected chi connectivity index (χ1v) is 11.7. The molecule has 0 bridgehead atoms. The predicted octanol–water partition coefficient (Wildman–Crippen LogP) is 3.45. The lowest BCUT2D eigenvalue weighted by atomic mass is 9.69. The first kappa shape index (κ1) is 24.1. The Bertz CT molecular complexity index is 1060. The van der Waals surface area contributed by atoms with Gasteiger partial charge in [-0.3, -0.25) is 9.59 Å². The first-order chi connectivity index (χ1) is 16.3. The van der Waals surface area contributed by atoms with Gasteiger partial charge in [-0.05, 0) is 18.1 Å². The number of halogens is 1. The number of fused-ring (bicyclic) bond motifs is 1. The summed E-state index contributed by atoms with van der Waals surface area (Å²) in [5.74, 6) is -2.47. The Morgan fingerprint density at radius 3 is 2.62 bits per heavy atom. The second kappa shape index (κ2) is 10.1. The Balaban J connectivity index is 1.76. The van der Waals surface area contributed by atoms with E-state index in [9.17, 15) is 18.8 Å². The van der Waals surface area contributed by atoms with Crippen molar-refractivity contribution in [3.05, 3.63) is 29.9 Å². The summed E-state index contributed by atoms with van der Waals surface area (Å²) in [4.78, 5) is 45.2. The standard InChI is InChI=1S/C24H30FN3O6/c1-15(16-5-3-2-4-6-16)24(34-23(26)31,14-20(29)28-9-11-32-12-10-28)21(30)22-27-18-8-7-17(25)13-19(18)33-22/h7-8,13,15-16H,2-6,9-12,14H2,1H3,(H2,26,31)/t15?,24-/m0/s1. The summed E-state index contributed by atoms with van der Waals surface area (Å²) in [6.45, 7) is 3.33. The average molecular weight is 476 g/mol. The molecule has 0 radical (unpaired) electrons. The Morgan fingerprint density at radius 2 is 1.94 bits per heavy atom. The third kappa shape index (κ3) is 4.91. The number of amides is 2. The van der Waals surface area contributed by atoms with Crippen molar-refractivity contribution >= 4 is 28.9 Å². The Labute approximate surface area is 196 Å². The molecule has 2 aromatic rings. The van der Waals surface area contributed by atoms with Crippen LogP contribution in [0.15, 0.2) is 22.6 Å². The number of carbonyl (C=O) groups excluding carboxylic acids is 3. The zero-order valence-electron chi connectivity index (χ0n) is 19.3. The lowest BCUT2D eigenvalue weighted by Gasteiger charge is -2.41. The third-order valence-electron chi connectivity index (χ3n) is 7.08. The van der Waals surface area contributed by atoms with Gasteiger partial charge in [-0.1, -0.05) is 39.0 Å². The zero-order chi connectivity index (χ0) is 24.3. The number of rotatable bonds is 7. The lowest BCUT2D eigenvalue weighted by Crippen LogP contribution is -2.56. The van der Waals surface area contributed by atoms with Crippen molar-refractivity contribution in [3.8, 4) is 0 Å².